The lowest BCUT2D eigenvalue weighted by Crippen LogP contribution is -2.22. The van der Waals surface area contributed by atoms with Gasteiger partial charge in [-0.2, -0.15) is 0 Å². The number of hydrogen-bond donors (Lipinski definition) is 1. The van der Waals surface area contributed by atoms with Crippen LogP contribution in [0.2, 0.25) is 0 Å². The zero-order valence-corrected chi connectivity index (χ0v) is 20.7. The minimum absolute atomic E-state index is 0.227. The van der Waals surface area contributed by atoms with Crippen molar-refractivity contribution in [2.45, 2.75) is 13.1 Å². The van der Waals surface area contributed by atoms with E-state index in [0.29, 0.717) is 18.8 Å². The second-order valence-corrected chi connectivity index (χ2v) is 8.95. The van der Waals surface area contributed by atoms with Gasteiger partial charge in [0, 0.05) is 35.6 Å². The molecule has 0 aliphatic heterocycles. The number of halogens is 1. The lowest BCUT2D eigenvalue weighted by Gasteiger charge is -2.21. The standard InChI is InChI=1S/C28H23FN4O3S/c1-35-23-8-6-22(7-9-23)33(28-32-25(18-37-28)20-2-4-21(29)5-3-20)17-24-10-11-26(36-24)27(34)31-16-19-12-14-30-15-13-19/h2-15,18H,16-17H2,1H3,(H,31,34). The Morgan fingerprint density at radius 3 is 2.51 bits per heavy atom. The fourth-order valence-electron chi connectivity index (χ4n) is 3.68. The van der Waals surface area contributed by atoms with Gasteiger partial charge >= 0.3 is 0 Å². The smallest absolute Gasteiger partial charge is 0.287 e. The van der Waals surface area contributed by atoms with E-state index < -0.39 is 0 Å². The summed E-state index contributed by atoms with van der Waals surface area (Å²) in [5.41, 5.74) is 3.39. The third-order valence-corrected chi connectivity index (χ3v) is 6.51. The predicted octanol–water partition coefficient (Wildman–Crippen LogP) is 6.21. The Kier molecular flexibility index (Phi) is 7.23. The van der Waals surface area contributed by atoms with Crippen molar-refractivity contribution in [1.29, 1.82) is 0 Å². The maximum atomic E-state index is 13.4. The van der Waals surface area contributed by atoms with E-state index in [4.69, 9.17) is 14.1 Å². The highest BCUT2D eigenvalue weighted by Crippen LogP contribution is 2.34. The van der Waals surface area contributed by atoms with E-state index in [1.54, 1.807) is 43.8 Å². The molecule has 186 valence electrons. The van der Waals surface area contributed by atoms with Crippen LogP contribution >= 0.6 is 11.3 Å². The van der Waals surface area contributed by atoms with Gasteiger partial charge < -0.3 is 19.4 Å². The van der Waals surface area contributed by atoms with Crippen LogP contribution in [0, 0.1) is 5.82 Å². The minimum atomic E-state index is -0.299. The molecule has 0 spiro atoms. The molecule has 0 radical (unpaired) electrons. The van der Waals surface area contributed by atoms with Crippen LogP contribution in [0.4, 0.5) is 15.2 Å². The average molecular weight is 515 g/mol. The van der Waals surface area contributed by atoms with Gasteiger partial charge in [0.15, 0.2) is 10.9 Å². The van der Waals surface area contributed by atoms with E-state index in [1.165, 1.54) is 23.5 Å². The number of hydrogen-bond acceptors (Lipinski definition) is 7. The second-order valence-electron chi connectivity index (χ2n) is 8.11. The molecule has 2 aromatic carbocycles. The van der Waals surface area contributed by atoms with Crippen molar-refractivity contribution in [2.24, 2.45) is 0 Å². The molecule has 0 aliphatic carbocycles. The number of thiazole rings is 1. The fourth-order valence-corrected chi connectivity index (χ4v) is 4.54. The number of amides is 1. The summed E-state index contributed by atoms with van der Waals surface area (Å²) in [4.78, 5) is 23.4. The molecule has 5 aromatic rings. The molecule has 1 N–H and O–H groups in total. The van der Waals surface area contributed by atoms with Gasteiger partial charge in [0.1, 0.15) is 17.3 Å². The Morgan fingerprint density at radius 2 is 1.78 bits per heavy atom. The molecule has 0 saturated heterocycles. The Hall–Kier alpha value is -4.50. The molecule has 0 aliphatic rings. The van der Waals surface area contributed by atoms with Crippen LogP contribution in [0.3, 0.4) is 0 Å². The van der Waals surface area contributed by atoms with Gasteiger partial charge in [-0.1, -0.05) is 0 Å². The third-order valence-electron chi connectivity index (χ3n) is 5.65. The lowest BCUT2D eigenvalue weighted by atomic mass is 10.2. The maximum absolute atomic E-state index is 13.4. The number of anilines is 2. The van der Waals surface area contributed by atoms with Gasteiger partial charge in [0.2, 0.25) is 0 Å². The third kappa shape index (κ3) is 5.84. The van der Waals surface area contributed by atoms with E-state index in [1.807, 2.05) is 46.7 Å². The number of rotatable bonds is 9. The second kappa shape index (κ2) is 11.0. The molecule has 7 nitrogen and oxygen atoms in total. The molecule has 1 amide bonds. The topological polar surface area (TPSA) is 80.5 Å². The van der Waals surface area contributed by atoms with Gasteiger partial charge in [-0.25, -0.2) is 9.37 Å². The summed E-state index contributed by atoms with van der Waals surface area (Å²) >= 11 is 1.46. The Labute approximate surface area is 217 Å². The number of aromatic nitrogens is 2. The summed E-state index contributed by atoms with van der Waals surface area (Å²) in [6.45, 7) is 0.723. The first kappa shape index (κ1) is 24.2. The van der Waals surface area contributed by atoms with Crippen LogP contribution in [0.25, 0.3) is 11.3 Å². The minimum Gasteiger partial charge on any atom is -0.497 e. The summed E-state index contributed by atoms with van der Waals surface area (Å²) in [6, 6.07) is 21.0. The number of furan rings is 1. The zero-order chi connectivity index (χ0) is 25.6. The maximum Gasteiger partial charge on any atom is 0.287 e. The van der Waals surface area contributed by atoms with Gasteiger partial charge in [-0.3, -0.25) is 9.78 Å². The summed E-state index contributed by atoms with van der Waals surface area (Å²) in [5.74, 6) is 0.971. The summed E-state index contributed by atoms with van der Waals surface area (Å²) in [7, 11) is 1.62. The van der Waals surface area contributed by atoms with Crippen molar-refractivity contribution in [3.05, 3.63) is 113 Å². The molecule has 0 unspecified atom stereocenters. The summed E-state index contributed by atoms with van der Waals surface area (Å²) in [6.07, 6.45) is 3.36. The number of ether oxygens (including phenoxy) is 1. The Morgan fingerprint density at radius 1 is 1.03 bits per heavy atom. The van der Waals surface area contributed by atoms with Gasteiger partial charge in [0.25, 0.3) is 5.91 Å². The molecule has 3 aromatic heterocycles. The highest BCUT2D eigenvalue weighted by atomic mass is 32.1. The first-order valence-electron chi connectivity index (χ1n) is 11.5. The normalized spacial score (nSPS) is 10.8. The molecule has 37 heavy (non-hydrogen) atoms. The highest BCUT2D eigenvalue weighted by Gasteiger charge is 2.19. The number of carbonyl (C=O) groups excluding carboxylic acids is 1. The van der Waals surface area contributed by atoms with Crippen LogP contribution in [-0.4, -0.2) is 23.0 Å². The summed E-state index contributed by atoms with van der Waals surface area (Å²) in [5, 5.41) is 5.51. The van der Waals surface area contributed by atoms with Gasteiger partial charge in [0.05, 0.1) is 19.3 Å². The van der Waals surface area contributed by atoms with Crippen molar-refractivity contribution in [2.75, 3.05) is 12.0 Å². The lowest BCUT2D eigenvalue weighted by molar-refractivity contribution is 0.0921. The Balaban J connectivity index is 1.37. The molecule has 3 heterocycles. The quantitative estimate of drug-likeness (QED) is 0.252. The van der Waals surface area contributed by atoms with E-state index in [9.17, 15) is 9.18 Å². The first-order chi connectivity index (χ1) is 18.1. The summed E-state index contributed by atoms with van der Waals surface area (Å²) < 4.78 is 24.6. The molecule has 5 rings (SSSR count). The van der Waals surface area contributed by atoms with Crippen molar-refractivity contribution in [3.63, 3.8) is 0 Å². The number of carbonyl (C=O) groups is 1. The van der Waals surface area contributed by atoms with E-state index in [2.05, 4.69) is 10.3 Å². The van der Waals surface area contributed by atoms with Crippen LogP contribution in [0.5, 0.6) is 5.75 Å². The largest absolute Gasteiger partial charge is 0.497 e. The van der Waals surface area contributed by atoms with Crippen molar-refractivity contribution in [3.8, 4) is 17.0 Å². The van der Waals surface area contributed by atoms with Crippen LogP contribution in [-0.2, 0) is 13.1 Å². The average Bonchev–Trinajstić information content (AvgIpc) is 3.62. The number of pyridine rings is 1. The number of benzene rings is 2. The van der Waals surface area contributed by atoms with Crippen LogP contribution in [0.1, 0.15) is 21.9 Å². The van der Waals surface area contributed by atoms with Crippen molar-refractivity contribution >= 4 is 28.1 Å². The number of methoxy groups -OCH3 is 1. The molecule has 0 bridgehead atoms. The molecular weight excluding hydrogens is 491 g/mol. The molecule has 0 saturated carbocycles. The highest BCUT2D eigenvalue weighted by molar-refractivity contribution is 7.14. The molecule has 0 atom stereocenters. The monoisotopic (exact) mass is 514 g/mol. The van der Waals surface area contributed by atoms with Crippen molar-refractivity contribution in [1.82, 2.24) is 15.3 Å². The van der Waals surface area contributed by atoms with Gasteiger partial charge in [-0.15, -0.1) is 11.3 Å². The predicted molar refractivity (Wildman–Crippen MR) is 140 cm³/mol. The van der Waals surface area contributed by atoms with Crippen LogP contribution < -0.4 is 15.0 Å². The van der Waals surface area contributed by atoms with E-state index >= 15 is 0 Å². The van der Waals surface area contributed by atoms with E-state index in [0.717, 1.165) is 33.4 Å². The molecule has 9 heteroatoms. The van der Waals surface area contributed by atoms with Gasteiger partial charge in [-0.05, 0) is 78.4 Å². The van der Waals surface area contributed by atoms with Crippen LogP contribution in [0.15, 0.2) is 95.0 Å². The number of nitrogens with zero attached hydrogens (tertiary/aromatic N) is 3. The van der Waals surface area contributed by atoms with E-state index in [-0.39, 0.29) is 17.5 Å². The molecule has 0 fully saturated rings. The SMILES string of the molecule is COc1ccc(N(Cc2ccc(C(=O)NCc3ccncc3)o2)c2nc(-c3ccc(F)cc3)cs2)cc1. The number of nitrogens with one attached hydrogen (secondary N) is 1. The fraction of sp³-hybridized carbons (Fsp3) is 0.107. The Bertz CT molecular complexity index is 1470. The zero-order valence-electron chi connectivity index (χ0n) is 19.9. The molecular formula is C28H23FN4O3S. The first-order valence-corrected chi connectivity index (χ1v) is 12.4. The van der Waals surface area contributed by atoms with Crippen molar-refractivity contribution < 1.29 is 18.3 Å².